The monoisotopic (exact) mass is 483 g/mol. The van der Waals surface area contributed by atoms with Gasteiger partial charge in [0.1, 0.15) is 6.04 Å². The van der Waals surface area contributed by atoms with Gasteiger partial charge in [-0.2, -0.15) is 31.4 Å². The molecule has 0 unspecified atom stereocenters. The molecule has 0 saturated carbocycles. The molecule has 184 valence electrons. The summed E-state index contributed by atoms with van der Waals surface area (Å²) in [4.78, 5) is 17.5. The third-order valence-corrected chi connectivity index (χ3v) is 5.31. The molecule has 1 aliphatic rings. The van der Waals surface area contributed by atoms with Crippen molar-refractivity contribution >= 4 is 11.7 Å². The number of hydrogen-bond donors (Lipinski definition) is 1. The van der Waals surface area contributed by atoms with E-state index in [1.807, 2.05) is 5.32 Å². The average molecular weight is 483 g/mol. The molecule has 2 aromatic rings. The van der Waals surface area contributed by atoms with Gasteiger partial charge in [-0.05, 0) is 19.9 Å². The van der Waals surface area contributed by atoms with Crippen LogP contribution in [0.2, 0.25) is 0 Å². The van der Waals surface area contributed by atoms with Crippen molar-refractivity contribution in [3.05, 3.63) is 29.7 Å². The number of alkyl halides is 6. The van der Waals surface area contributed by atoms with Crippen LogP contribution in [-0.4, -0.2) is 76.4 Å². The van der Waals surface area contributed by atoms with E-state index in [-0.39, 0.29) is 19.6 Å². The van der Waals surface area contributed by atoms with Crippen molar-refractivity contribution in [1.82, 2.24) is 24.8 Å². The normalized spacial score (nSPS) is 18.8. The minimum atomic E-state index is -4.59. The Labute approximate surface area is 184 Å². The molecule has 0 bridgehead atoms. The maximum Gasteiger partial charge on any atom is 0.416 e. The van der Waals surface area contributed by atoms with Crippen molar-refractivity contribution in [2.24, 2.45) is 0 Å². The van der Waals surface area contributed by atoms with Crippen LogP contribution >= 0.6 is 0 Å². The van der Waals surface area contributed by atoms with E-state index in [0.29, 0.717) is 16.9 Å². The van der Waals surface area contributed by atoms with Crippen LogP contribution < -0.4 is 5.32 Å². The highest BCUT2D eigenvalue weighted by atomic mass is 19.4. The van der Waals surface area contributed by atoms with Crippen LogP contribution in [0.15, 0.2) is 18.5 Å². The number of nitrogens with zero attached hydrogens (tertiary/aromatic N) is 4. The lowest BCUT2D eigenvalue weighted by molar-refractivity contribution is -0.263. The Kier molecular flexibility index (Phi) is 6.80. The van der Waals surface area contributed by atoms with Crippen LogP contribution in [0.1, 0.15) is 31.1 Å². The second-order valence-electron chi connectivity index (χ2n) is 8.10. The molecule has 2 amide bonds. The van der Waals surface area contributed by atoms with Crippen molar-refractivity contribution < 1.29 is 40.6 Å². The molecule has 1 N–H and O–H groups in total. The molecular formula is C19H23F6N5O3. The molecule has 0 aromatic carbocycles. The Morgan fingerprint density at radius 2 is 1.94 bits per heavy atom. The number of urea groups is 1. The fraction of sp³-hybridized carbons (Fsp3) is 0.632. The molecule has 3 rings (SSSR count). The van der Waals surface area contributed by atoms with Crippen molar-refractivity contribution in [2.75, 3.05) is 26.9 Å². The van der Waals surface area contributed by atoms with Crippen LogP contribution in [0.4, 0.5) is 31.1 Å². The third-order valence-electron chi connectivity index (χ3n) is 5.31. The van der Waals surface area contributed by atoms with Gasteiger partial charge in [-0.3, -0.25) is 0 Å². The number of nitrogens with one attached hydrogen (secondary N) is 1. The third kappa shape index (κ3) is 5.49. The first kappa shape index (κ1) is 25.0. The fourth-order valence-corrected chi connectivity index (χ4v) is 3.27. The Morgan fingerprint density at radius 3 is 2.52 bits per heavy atom. The molecular weight excluding hydrogens is 460 g/mol. The molecule has 1 saturated heterocycles. The number of ether oxygens (including phenoxy) is 2. The van der Waals surface area contributed by atoms with Gasteiger partial charge in [-0.25, -0.2) is 14.3 Å². The first-order chi connectivity index (χ1) is 15.2. The summed E-state index contributed by atoms with van der Waals surface area (Å²) in [6.45, 7) is 0.955. The number of fused-ring (bicyclic) bond motifs is 1. The van der Waals surface area contributed by atoms with E-state index in [1.54, 1.807) is 0 Å². The minimum Gasteiger partial charge on any atom is -0.382 e. The standard InChI is InChI=1S/C19H23F6N5O3/c1-17(2,19(23,24)25)33-5-4-12-8-30-15(27-12)6-11(7-26-30)13(10-32-3)29-9-14(18(20,21)22)28-16(29)31/h6-8,13-14H,4-5,9-10H2,1-3H3,(H,28,31)/t13-,14+/m1/s1. The number of amides is 2. The first-order valence-electron chi connectivity index (χ1n) is 9.90. The summed E-state index contributed by atoms with van der Waals surface area (Å²) in [5, 5.41) is 6.07. The largest absolute Gasteiger partial charge is 0.416 e. The SMILES string of the molecule is COC[C@H](c1cnn2cc(CCOC(C)(C)C(F)(F)F)nc2c1)N1C[C@@H](C(F)(F)F)NC1=O. The molecule has 2 aromatic heterocycles. The lowest BCUT2D eigenvalue weighted by Crippen LogP contribution is -2.42. The van der Waals surface area contributed by atoms with Gasteiger partial charge < -0.3 is 19.7 Å². The zero-order chi connectivity index (χ0) is 24.6. The molecule has 3 heterocycles. The summed E-state index contributed by atoms with van der Waals surface area (Å²) < 4.78 is 89.2. The Morgan fingerprint density at radius 1 is 1.24 bits per heavy atom. The summed E-state index contributed by atoms with van der Waals surface area (Å²) in [7, 11) is 1.35. The van der Waals surface area contributed by atoms with E-state index in [4.69, 9.17) is 9.47 Å². The zero-order valence-electron chi connectivity index (χ0n) is 18.0. The minimum absolute atomic E-state index is 0.0796. The predicted octanol–water partition coefficient (Wildman–Crippen LogP) is 3.27. The van der Waals surface area contributed by atoms with E-state index in [2.05, 4.69) is 10.1 Å². The second kappa shape index (κ2) is 8.97. The number of halogens is 6. The smallest absolute Gasteiger partial charge is 0.382 e. The quantitative estimate of drug-likeness (QED) is 0.583. The molecule has 8 nitrogen and oxygen atoms in total. The highest BCUT2D eigenvalue weighted by Crippen LogP contribution is 2.33. The number of hydrogen-bond acceptors (Lipinski definition) is 5. The lowest BCUT2D eigenvalue weighted by atomic mass is 10.1. The predicted molar refractivity (Wildman–Crippen MR) is 102 cm³/mol. The molecule has 14 heteroatoms. The van der Waals surface area contributed by atoms with Crippen LogP contribution in [-0.2, 0) is 15.9 Å². The van der Waals surface area contributed by atoms with Crippen LogP contribution in [0.25, 0.3) is 5.65 Å². The van der Waals surface area contributed by atoms with Crippen LogP contribution in [0, 0.1) is 0 Å². The molecule has 1 aliphatic heterocycles. The van der Waals surface area contributed by atoms with Crippen LogP contribution in [0.3, 0.4) is 0 Å². The summed E-state index contributed by atoms with van der Waals surface area (Å²) in [6, 6.07) is -2.20. The van der Waals surface area contributed by atoms with E-state index in [1.165, 1.54) is 30.1 Å². The lowest BCUT2D eigenvalue weighted by Gasteiger charge is -2.27. The van der Waals surface area contributed by atoms with Gasteiger partial charge in [0.2, 0.25) is 0 Å². The van der Waals surface area contributed by atoms with Crippen LogP contribution in [0.5, 0.6) is 0 Å². The van der Waals surface area contributed by atoms with Gasteiger partial charge in [-0.1, -0.05) is 0 Å². The number of methoxy groups -OCH3 is 1. The van der Waals surface area contributed by atoms with Gasteiger partial charge in [0.25, 0.3) is 0 Å². The Hall–Kier alpha value is -2.61. The number of imidazole rings is 1. The molecule has 2 atom stereocenters. The first-order valence-corrected chi connectivity index (χ1v) is 9.90. The zero-order valence-corrected chi connectivity index (χ0v) is 18.0. The van der Waals surface area contributed by atoms with Crippen molar-refractivity contribution in [3.8, 4) is 0 Å². The molecule has 0 radical (unpaired) electrons. The topological polar surface area (TPSA) is 81.0 Å². The van der Waals surface area contributed by atoms with E-state index in [9.17, 15) is 31.1 Å². The number of carbonyl (C=O) groups excluding carboxylic acids is 1. The van der Waals surface area contributed by atoms with Gasteiger partial charge >= 0.3 is 18.4 Å². The Balaban J connectivity index is 1.76. The van der Waals surface area contributed by atoms with E-state index < -0.39 is 42.6 Å². The molecule has 1 fully saturated rings. The summed E-state index contributed by atoms with van der Waals surface area (Å²) in [5.74, 6) is 0. The highest BCUT2D eigenvalue weighted by Gasteiger charge is 2.49. The fourth-order valence-electron chi connectivity index (χ4n) is 3.27. The maximum absolute atomic E-state index is 13.0. The van der Waals surface area contributed by atoms with Gasteiger partial charge in [0.05, 0.1) is 43.9 Å². The summed E-state index contributed by atoms with van der Waals surface area (Å²) >= 11 is 0. The molecule has 0 spiro atoms. The van der Waals surface area contributed by atoms with Crippen molar-refractivity contribution in [3.63, 3.8) is 0 Å². The van der Waals surface area contributed by atoms with Gasteiger partial charge in [-0.15, -0.1) is 0 Å². The Bertz CT molecular complexity index is 990. The van der Waals surface area contributed by atoms with Crippen molar-refractivity contribution in [1.29, 1.82) is 0 Å². The number of rotatable bonds is 8. The maximum atomic E-state index is 13.0. The number of aromatic nitrogens is 3. The molecule has 33 heavy (non-hydrogen) atoms. The van der Waals surface area contributed by atoms with Gasteiger partial charge in [0, 0.05) is 19.1 Å². The average Bonchev–Trinajstić information content (AvgIpc) is 3.27. The van der Waals surface area contributed by atoms with E-state index >= 15 is 0 Å². The highest BCUT2D eigenvalue weighted by molar-refractivity contribution is 5.77. The van der Waals surface area contributed by atoms with Gasteiger partial charge in [0.15, 0.2) is 11.2 Å². The number of carbonyl (C=O) groups is 1. The molecule has 0 aliphatic carbocycles. The summed E-state index contributed by atoms with van der Waals surface area (Å²) in [5.41, 5.74) is -1.19. The summed E-state index contributed by atoms with van der Waals surface area (Å²) in [6.07, 6.45) is -6.14. The second-order valence-corrected chi connectivity index (χ2v) is 8.10. The van der Waals surface area contributed by atoms with Crippen molar-refractivity contribution in [2.45, 2.75) is 50.3 Å². The van der Waals surface area contributed by atoms with E-state index in [0.717, 1.165) is 18.7 Å².